The van der Waals surface area contributed by atoms with Crippen molar-refractivity contribution in [3.05, 3.63) is 71.0 Å². The number of nitrogens with zero attached hydrogens (tertiary/aromatic N) is 1. The molecule has 0 aliphatic carbocycles. The highest BCUT2D eigenvalue weighted by Gasteiger charge is 2.20. The number of hydrogen-bond donors (Lipinski definition) is 2. The average molecular weight is 303 g/mol. The molecule has 3 aromatic rings. The first-order chi connectivity index (χ1) is 11.2. The van der Waals surface area contributed by atoms with Crippen molar-refractivity contribution in [2.45, 2.75) is 13.3 Å². The number of fused-ring (bicyclic) bond motifs is 3. The van der Waals surface area contributed by atoms with Gasteiger partial charge < -0.3 is 10.6 Å². The van der Waals surface area contributed by atoms with Gasteiger partial charge in [-0.3, -0.25) is 9.78 Å². The lowest BCUT2D eigenvalue weighted by Gasteiger charge is -2.22. The lowest BCUT2D eigenvalue weighted by Crippen LogP contribution is -2.34. The Morgan fingerprint density at radius 3 is 2.70 bits per heavy atom. The molecule has 0 saturated heterocycles. The van der Waals surface area contributed by atoms with Gasteiger partial charge >= 0.3 is 0 Å². The van der Waals surface area contributed by atoms with Crippen LogP contribution >= 0.6 is 0 Å². The summed E-state index contributed by atoms with van der Waals surface area (Å²) in [4.78, 5) is 16.6. The van der Waals surface area contributed by atoms with Gasteiger partial charge in [0, 0.05) is 17.3 Å². The lowest BCUT2D eigenvalue weighted by atomic mass is 9.93. The third kappa shape index (κ3) is 2.42. The Bertz CT molecular complexity index is 900. The normalized spacial score (nSPS) is 13.3. The van der Waals surface area contributed by atoms with E-state index in [0.717, 1.165) is 34.3 Å². The van der Waals surface area contributed by atoms with E-state index in [2.05, 4.69) is 33.8 Å². The van der Waals surface area contributed by atoms with Crippen LogP contribution in [-0.4, -0.2) is 17.6 Å². The van der Waals surface area contributed by atoms with Crippen LogP contribution in [0.3, 0.4) is 0 Å². The van der Waals surface area contributed by atoms with Gasteiger partial charge in [-0.05, 0) is 42.0 Å². The van der Waals surface area contributed by atoms with Gasteiger partial charge in [-0.15, -0.1) is 0 Å². The fraction of sp³-hybridized carbons (Fsp3) is 0.158. The van der Waals surface area contributed by atoms with E-state index in [1.54, 1.807) is 0 Å². The number of anilines is 1. The zero-order chi connectivity index (χ0) is 15.8. The fourth-order valence-electron chi connectivity index (χ4n) is 3.10. The van der Waals surface area contributed by atoms with E-state index in [1.165, 1.54) is 5.39 Å². The van der Waals surface area contributed by atoms with E-state index in [9.17, 15) is 4.79 Å². The van der Waals surface area contributed by atoms with Crippen molar-refractivity contribution in [2.75, 3.05) is 12.0 Å². The minimum Gasteiger partial charge on any atom is -0.367 e. The second-order valence-electron chi connectivity index (χ2n) is 5.85. The van der Waals surface area contributed by atoms with Gasteiger partial charge in [0.1, 0.15) is 0 Å². The molecule has 4 rings (SSSR count). The molecule has 1 aliphatic heterocycles. The molecule has 0 spiro atoms. The third-order valence-electron chi connectivity index (χ3n) is 4.26. The maximum absolute atomic E-state index is 12.2. The molecule has 0 fully saturated rings. The molecular weight excluding hydrogens is 286 g/mol. The van der Waals surface area contributed by atoms with E-state index in [4.69, 9.17) is 0 Å². The highest BCUT2D eigenvalue weighted by atomic mass is 16.1. The molecule has 0 unspecified atom stereocenters. The minimum absolute atomic E-state index is 0.0206. The molecule has 114 valence electrons. The van der Waals surface area contributed by atoms with Gasteiger partial charge in [0.15, 0.2) is 0 Å². The Morgan fingerprint density at radius 1 is 1.09 bits per heavy atom. The Kier molecular flexibility index (Phi) is 3.23. The SMILES string of the molecule is Cc1ccc(Cc2cc3c(c4ccccc24)NCNC3=O)cn1. The summed E-state index contributed by atoms with van der Waals surface area (Å²) < 4.78 is 0. The van der Waals surface area contributed by atoms with Gasteiger partial charge in [0.25, 0.3) is 5.91 Å². The summed E-state index contributed by atoms with van der Waals surface area (Å²) in [6.45, 7) is 2.45. The first-order valence-corrected chi connectivity index (χ1v) is 7.70. The second kappa shape index (κ2) is 5.39. The Balaban J connectivity index is 1.89. The number of pyridine rings is 1. The first kappa shape index (κ1) is 13.8. The number of carbonyl (C=O) groups excluding carboxylic acids is 1. The van der Waals surface area contributed by atoms with Crippen LogP contribution < -0.4 is 10.6 Å². The molecule has 2 N–H and O–H groups in total. The number of hydrogen-bond acceptors (Lipinski definition) is 3. The Labute approximate surface area is 134 Å². The summed E-state index contributed by atoms with van der Waals surface area (Å²) in [6.07, 6.45) is 2.66. The monoisotopic (exact) mass is 303 g/mol. The van der Waals surface area contributed by atoms with Gasteiger partial charge in [-0.2, -0.15) is 0 Å². The number of benzene rings is 2. The molecule has 0 radical (unpaired) electrons. The van der Waals surface area contributed by atoms with E-state index in [0.29, 0.717) is 12.2 Å². The molecular formula is C19H17N3O. The number of aromatic nitrogens is 1. The largest absolute Gasteiger partial charge is 0.367 e. The van der Waals surface area contributed by atoms with E-state index in [-0.39, 0.29) is 5.91 Å². The number of amides is 1. The summed E-state index contributed by atoms with van der Waals surface area (Å²) in [5.41, 5.74) is 4.93. The van der Waals surface area contributed by atoms with E-state index < -0.39 is 0 Å². The summed E-state index contributed by atoms with van der Waals surface area (Å²) in [5.74, 6) is -0.0206. The number of rotatable bonds is 2. The highest BCUT2D eigenvalue weighted by molar-refractivity contribution is 6.10. The molecule has 23 heavy (non-hydrogen) atoms. The quantitative estimate of drug-likeness (QED) is 0.764. The molecule has 1 aliphatic rings. The lowest BCUT2D eigenvalue weighted by molar-refractivity contribution is 0.0953. The van der Waals surface area contributed by atoms with Crippen molar-refractivity contribution in [1.29, 1.82) is 0 Å². The van der Waals surface area contributed by atoms with Crippen LogP contribution in [0, 0.1) is 6.92 Å². The molecule has 1 amide bonds. The van der Waals surface area contributed by atoms with Crippen LogP contribution in [0.15, 0.2) is 48.7 Å². The van der Waals surface area contributed by atoms with Crippen molar-refractivity contribution in [3.63, 3.8) is 0 Å². The van der Waals surface area contributed by atoms with Crippen LogP contribution in [0.5, 0.6) is 0 Å². The standard InChI is InChI=1S/C19H17N3O/c1-12-6-7-13(10-20-12)8-14-9-17-18(21-11-22-19(17)23)16-5-3-2-4-15(14)16/h2-7,9-10,21H,8,11H2,1H3,(H,22,23). The third-order valence-corrected chi connectivity index (χ3v) is 4.26. The molecule has 1 aromatic heterocycles. The van der Waals surface area contributed by atoms with E-state index in [1.807, 2.05) is 37.4 Å². The van der Waals surface area contributed by atoms with Crippen LogP contribution in [0.25, 0.3) is 10.8 Å². The molecule has 0 atom stereocenters. The molecule has 2 heterocycles. The van der Waals surface area contributed by atoms with Crippen molar-refractivity contribution < 1.29 is 4.79 Å². The van der Waals surface area contributed by atoms with Crippen LogP contribution in [-0.2, 0) is 6.42 Å². The molecule has 4 heteroatoms. The summed E-state index contributed by atoms with van der Waals surface area (Å²) >= 11 is 0. The molecule has 2 aromatic carbocycles. The fourth-order valence-corrected chi connectivity index (χ4v) is 3.10. The molecule has 4 nitrogen and oxygen atoms in total. The minimum atomic E-state index is -0.0206. The van der Waals surface area contributed by atoms with Crippen molar-refractivity contribution in [2.24, 2.45) is 0 Å². The summed E-state index contributed by atoms with van der Waals surface area (Å²) in [6, 6.07) is 14.3. The summed E-state index contributed by atoms with van der Waals surface area (Å²) in [7, 11) is 0. The smallest absolute Gasteiger partial charge is 0.254 e. The molecule has 0 saturated carbocycles. The Hall–Kier alpha value is -2.88. The van der Waals surface area contributed by atoms with Crippen molar-refractivity contribution in [1.82, 2.24) is 10.3 Å². The van der Waals surface area contributed by atoms with Gasteiger partial charge in [-0.25, -0.2) is 0 Å². The zero-order valence-corrected chi connectivity index (χ0v) is 12.9. The first-order valence-electron chi connectivity index (χ1n) is 7.70. The maximum Gasteiger partial charge on any atom is 0.254 e. The van der Waals surface area contributed by atoms with Crippen molar-refractivity contribution >= 4 is 22.4 Å². The predicted octanol–water partition coefficient (Wildman–Crippen LogP) is 3.25. The van der Waals surface area contributed by atoms with Crippen molar-refractivity contribution in [3.8, 4) is 0 Å². The topological polar surface area (TPSA) is 54.0 Å². The van der Waals surface area contributed by atoms with Crippen LogP contribution in [0.2, 0.25) is 0 Å². The summed E-state index contributed by atoms with van der Waals surface area (Å²) in [5, 5.41) is 8.40. The number of carbonyl (C=O) groups is 1. The molecule has 0 bridgehead atoms. The maximum atomic E-state index is 12.2. The van der Waals surface area contributed by atoms with Crippen LogP contribution in [0.4, 0.5) is 5.69 Å². The van der Waals surface area contributed by atoms with Gasteiger partial charge in [-0.1, -0.05) is 30.3 Å². The highest BCUT2D eigenvalue weighted by Crippen LogP contribution is 2.33. The average Bonchev–Trinajstić information content (AvgIpc) is 2.58. The van der Waals surface area contributed by atoms with Gasteiger partial charge in [0.05, 0.1) is 17.9 Å². The second-order valence-corrected chi connectivity index (χ2v) is 5.85. The van der Waals surface area contributed by atoms with Crippen LogP contribution in [0.1, 0.15) is 27.2 Å². The number of aryl methyl sites for hydroxylation is 1. The Morgan fingerprint density at radius 2 is 1.91 bits per heavy atom. The predicted molar refractivity (Wildman–Crippen MR) is 91.7 cm³/mol. The van der Waals surface area contributed by atoms with Gasteiger partial charge in [0.2, 0.25) is 0 Å². The van der Waals surface area contributed by atoms with E-state index >= 15 is 0 Å². The zero-order valence-electron chi connectivity index (χ0n) is 12.9. The number of nitrogens with one attached hydrogen (secondary N) is 2.